The van der Waals surface area contributed by atoms with Gasteiger partial charge in [0, 0.05) is 0 Å². The molecule has 0 aromatic carbocycles. The quantitative estimate of drug-likeness (QED) is 0.0251. The molecule has 0 amide bonds. The average molecular weight is 2940 g/mol. The molecule has 0 aliphatic carbocycles. The zero-order valence-electron chi connectivity index (χ0n) is 72.6. The third-order valence-electron chi connectivity index (χ3n) is 22.3. The van der Waals surface area contributed by atoms with Gasteiger partial charge < -0.3 is 278 Å². The van der Waals surface area contributed by atoms with Crippen LogP contribution in [0.3, 0.4) is 0 Å². The van der Waals surface area contributed by atoms with Crippen LogP contribution in [0.1, 0.15) is 0 Å². The molecule has 3 unspecified atom stereocenters. The van der Waals surface area contributed by atoms with Gasteiger partial charge in [-0.25, -0.2) is 0 Å². The van der Waals surface area contributed by atoms with Crippen molar-refractivity contribution in [3.05, 3.63) is 0 Å². The molecule has 0 fully saturated rings. The smallest absolute Gasteiger partial charge is 0.338 e. The fourth-order valence-electron chi connectivity index (χ4n) is 16.2. The highest BCUT2D eigenvalue weighted by Crippen LogP contribution is 2.61. The maximum atomic E-state index is 15.4. The maximum Gasteiger partial charge on any atom is 0.338 e. The van der Waals surface area contributed by atoms with E-state index in [2.05, 4.69) is 0 Å². The van der Waals surface area contributed by atoms with Gasteiger partial charge in [0.2, 0.25) is 145 Å². The Morgan fingerprint density at radius 2 is 0.385 bits per heavy atom. The van der Waals surface area contributed by atoms with Gasteiger partial charge in [-0.05, 0) is 32.7 Å². The second-order valence-electron chi connectivity index (χ2n) is 30.4. The fourth-order valence-corrected chi connectivity index (χ4v) is 1250. The lowest BCUT2D eigenvalue weighted by atomic mass is 11.8. The van der Waals surface area contributed by atoms with Gasteiger partial charge in [0.15, 0.2) is 166 Å². The molecule has 61 nitrogen and oxygen atoms in total. The molecule has 0 aromatic rings. The third kappa shape index (κ3) is 27.2. The summed E-state index contributed by atoms with van der Waals surface area (Å²) in [5.74, 6) is 0. The molecule has 0 heterocycles. The van der Waals surface area contributed by atoms with Crippen LogP contribution < -0.4 is 0 Å². The zero-order chi connectivity index (χ0) is 101. The summed E-state index contributed by atoms with van der Waals surface area (Å²) in [4.78, 5) is 541. The van der Waals surface area contributed by atoms with E-state index in [1.807, 2.05) is 0 Å². The van der Waals surface area contributed by atoms with Gasteiger partial charge >= 0.3 is 61.7 Å². The van der Waals surface area contributed by atoms with E-state index in [0.29, 0.717) is 0 Å². The van der Waals surface area contributed by atoms with Crippen LogP contribution in [0.5, 0.6) is 0 Å². The molecule has 0 aliphatic heterocycles. The Labute approximate surface area is 852 Å². The Morgan fingerprint density at radius 3 is 0.569 bits per heavy atom. The van der Waals surface area contributed by atoms with E-state index in [1.165, 1.54) is 32.7 Å². The first-order valence-corrected chi connectivity index (χ1v) is 192. The molecular formula is C7H140O61Si62. The van der Waals surface area contributed by atoms with Crippen molar-refractivity contribution in [2.24, 2.45) is 0 Å². The van der Waals surface area contributed by atoms with E-state index in [0.717, 1.165) is 13.1 Å². The predicted octanol–water partition coefficient (Wildman–Crippen LogP) is -64.4. The second-order valence-corrected chi connectivity index (χ2v) is 384. The maximum absolute atomic E-state index is 15.4. The molecule has 0 saturated heterocycles. The first kappa shape index (κ1) is 141. The minimum atomic E-state index is -9.66. The molecule has 0 saturated carbocycles. The van der Waals surface area contributed by atoms with Crippen LogP contribution in [-0.2, 0) is 86.4 Å². The highest BCUT2D eigenvalue weighted by atomic mass is 30.6. The van der Waals surface area contributed by atoms with Crippen LogP contribution in [0.25, 0.3) is 0 Å². The first-order valence-electron chi connectivity index (χ1n) is 38.6. The lowest BCUT2D eigenvalue weighted by Gasteiger charge is -2.77. The van der Waals surface area contributed by atoms with Gasteiger partial charge in [0.1, 0.15) is 0 Å². The van der Waals surface area contributed by atoms with Crippen molar-refractivity contribution >= 4 is 539 Å². The van der Waals surface area contributed by atoms with Crippen LogP contribution in [0.4, 0.5) is 0 Å². The van der Waals surface area contributed by atoms with Crippen LogP contribution in [0.2, 0.25) is 45.8 Å². The van der Waals surface area contributed by atoms with Gasteiger partial charge in [-0.15, -0.1) is 0 Å². The summed E-state index contributed by atoms with van der Waals surface area (Å²) in [6, 6.07) is 0. The normalized spacial score (nSPS) is 25.9. The van der Waals surface area contributed by atoms with Crippen molar-refractivity contribution in [3.8, 4) is 0 Å². The molecule has 0 radical (unpaired) electrons. The molecular weight excluding hydrogens is 2800 g/mol. The van der Waals surface area contributed by atoms with Gasteiger partial charge in [0.25, 0.3) is 158 Å². The molecule has 130 heavy (non-hydrogen) atoms. The molecule has 782 valence electrons. The molecule has 3 atom stereocenters. The van der Waals surface area contributed by atoms with E-state index in [-0.39, 0.29) is 0 Å². The molecule has 0 aromatic heterocycles. The Kier molecular flexibility index (Phi) is 69.1. The minimum Gasteiger partial charge on any atom is -0.442 e. The molecule has 0 aliphatic rings. The Balaban J connectivity index is 19.0. The van der Waals surface area contributed by atoms with E-state index in [9.17, 15) is 195 Å². The summed E-state index contributed by atoms with van der Waals surface area (Å²) in [6.45, 7) is -89.9. The average Bonchev–Trinajstić information content (AvgIpc) is 0.612. The lowest BCUT2D eigenvalue weighted by Crippen LogP contribution is -3.21. The van der Waals surface area contributed by atoms with Crippen LogP contribution in [-0.4, -0.2) is 731 Å². The van der Waals surface area contributed by atoms with E-state index >= 15 is 4.80 Å². The van der Waals surface area contributed by atoms with Crippen LogP contribution in [0.15, 0.2) is 0 Å². The van der Waals surface area contributed by atoms with E-state index in [1.54, 1.807) is 0 Å². The van der Waals surface area contributed by atoms with Crippen molar-refractivity contribution in [2.45, 2.75) is 45.8 Å². The molecule has 0 bridgehead atoms. The summed E-state index contributed by atoms with van der Waals surface area (Å²) in [6.07, 6.45) is 0. The van der Waals surface area contributed by atoms with Crippen molar-refractivity contribution < 1.29 is 278 Å². The highest BCUT2D eigenvalue weighted by molar-refractivity contribution is 8.35. The number of hydrogen-bond acceptors (Lipinski definition) is 61. The SMILES string of the molecule is C[SiH](C)[Si](O)([SiH2]O)[Si](O[SiH2]O)(O[Si]([Si](O[Si](C)(C)O[Si](C)(C)C)(O[Si](O[Si](O[SiH2]O)([SiH2]O)[SiH2]O)([Si](O[SiH2]O)([SiH2]O)[SiH2]O)[Si](O[SiH2]O)([SiH2]O)[SiH2]O)[Si](O[Si](O[SiH2]O)([SiH2]O)[SiH2]O)([Si](O[SiH2]O)([SiH2]O)[SiH2]O)[Si](O[SiH2]O)([SiH2]O)[SiH2]O)([Si](O[Si](O[SiH2]O)([SiH2]O)[SiH2]O)([Si](O[SiH2]O)([SiH2]O)[SiH2]O)[Si](O[SiH2]O)([SiH2]O)[SiH2]O)[Si](O[Si](O[SiH2]O)([SiH2]O)[SiH2]O)([Si](O[SiH2]O)([SiH2]O)[SiH2]O)[Si](O[SiH2]O)([SiH2]O)[SiH2]O)[SiH2]O. The van der Waals surface area contributed by atoms with Gasteiger partial charge in [0.05, 0.1) is 8.31 Å². The van der Waals surface area contributed by atoms with E-state index in [4.69, 9.17) is 78.2 Å². The number of hydrogen-bond donors (Lipinski definition) is 40. The van der Waals surface area contributed by atoms with E-state index < -0.39 is 539 Å². The van der Waals surface area contributed by atoms with Gasteiger partial charge in [-0.3, -0.25) is 0 Å². The zero-order valence-corrected chi connectivity index (χ0v) is 151. The summed E-state index contributed by atoms with van der Waals surface area (Å²) in [7, 11) is -229. The van der Waals surface area contributed by atoms with Crippen LogP contribution >= 0.6 is 0 Å². The Morgan fingerprint density at radius 1 is 0.177 bits per heavy atom. The summed E-state index contributed by atoms with van der Waals surface area (Å²) in [5.41, 5.74) is 0. The van der Waals surface area contributed by atoms with Crippen molar-refractivity contribution in [1.29, 1.82) is 0 Å². The van der Waals surface area contributed by atoms with Crippen molar-refractivity contribution in [1.82, 2.24) is 0 Å². The molecule has 123 heteroatoms. The van der Waals surface area contributed by atoms with Crippen molar-refractivity contribution in [2.75, 3.05) is 0 Å². The monoisotopic (exact) mass is 2940 g/mol. The fraction of sp³-hybridized carbons (Fsp3) is 1.00. The predicted molar refractivity (Wildman–Crippen MR) is 620 cm³/mol. The van der Waals surface area contributed by atoms with Crippen molar-refractivity contribution in [3.63, 3.8) is 0 Å². The van der Waals surface area contributed by atoms with Crippen LogP contribution in [0, 0.1) is 0 Å². The number of rotatable bonds is 82. The topological polar surface area (TPSA) is 1000 Å². The Hall–Kier alpha value is 11.0. The minimum absolute atomic E-state index is 0.968. The first-order chi connectivity index (χ1) is 61.2. The summed E-state index contributed by atoms with van der Waals surface area (Å²) in [5, 5.41) is 0. The summed E-state index contributed by atoms with van der Waals surface area (Å²) < 4.78 is 158. The molecule has 0 spiro atoms. The lowest BCUT2D eigenvalue weighted by molar-refractivity contribution is 0.291. The molecule has 40 N–H and O–H groups in total. The third-order valence-corrected chi connectivity index (χ3v) is 687. The largest absolute Gasteiger partial charge is 0.442 e. The Bertz CT molecular complexity index is 2870. The van der Waals surface area contributed by atoms with Gasteiger partial charge in [-0.2, -0.15) is 0 Å². The summed E-state index contributed by atoms with van der Waals surface area (Å²) >= 11 is 0. The molecule has 0 rings (SSSR count). The highest BCUT2D eigenvalue weighted by Gasteiger charge is 3.08. The second kappa shape index (κ2) is 63.7. The standard InChI is InChI=1S/C7H140O61Si62/c1-108(2)111(47,82-21)116(91-30,52-73-12)67-128(129(123(100-39,101-40)57-78-17,124(102-41,103-42)58-79-18)65-114(87-26,88-27)50-71-10,130(125(104-43,105-44)59-80-19,126(106-45,107-46)60-81-20)66-115(89-28,90-29)51-72-11)118(62-110(6,7)61-109(3,4)5,127(121(96-35,97-36)55-76-15,122(98-37,99-38)56-77-16)64-113(85-24,86-25)49-70-9)68-117(119(92-31,93-32)53-74-13,120(94-33,95-34)54-75-14)63-112(83-22,84-23)48-69-8/h8-47,108H,69-107H2,1-7H3. The van der Waals surface area contributed by atoms with Gasteiger partial charge in [-0.1, -0.05) is 13.1 Å².